The summed E-state index contributed by atoms with van der Waals surface area (Å²) in [6.45, 7) is 3.46. The van der Waals surface area contributed by atoms with E-state index in [1.54, 1.807) is 17.1 Å². The van der Waals surface area contributed by atoms with Crippen LogP contribution in [0.4, 0.5) is 0 Å². The Morgan fingerprint density at radius 3 is 3.00 bits per heavy atom. The normalized spacial score (nSPS) is 12.4. The molecule has 1 rings (SSSR count). The molecule has 1 aromatic rings. The van der Waals surface area contributed by atoms with E-state index >= 15 is 0 Å². The molecule has 0 fully saturated rings. The highest BCUT2D eigenvalue weighted by Crippen LogP contribution is 1.98. The number of carbonyl (C=O) groups is 1. The van der Waals surface area contributed by atoms with Gasteiger partial charge in [-0.25, -0.2) is 0 Å². The molecule has 1 amide bonds. The van der Waals surface area contributed by atoms with Crippen LogP contribution in [0.3, 0.4) is 0 Å². The monoisotopic (exact) mass is 239 g/mol. The molecule has 0 saturated carbocycles. The molecule has 0 aliphatic rings. The standard InChI is InChI=1S/C11H21N5O/c1-2-3-5-10(12)11(17)13-6-4-8-16-9-7-14-15-16/h7,9-10H,2-6,8,12H2,1H3,(H,13,17)/t10-/m0/s1. The lowest BCUT2D eigenvalue weighted by Gasteiger charge is -2.11. The van der Waals surface area contributed by atoms with Gasteiger partial charge in [0.25, 0.3) is 0 Å². The number of rotatable bonds is 8. The highest BCUT2D eigenvalue weighted by Gasteiger charge is 2.11. The minimum atomic E-state index is -0.374. The number of amides is 1. The van der Waals surface area contributed by atoms with Crippen LogP contribution in [0.25, 0.3) is 0 Å². The Morgan fingerprint density at radius 1 is 1.53 bits per heavy atom. The van der Waals surface area contributed by atoms with Gasteiger partial charge in [-0.15, -0.1) is 5.10 Å². The smallest absolute Gasteiger partial charge is 0.236 e. The van der Waals surface area contributed by atoms with Crippen LogP contribution in [-0.2, 0) is 11.3 Å². The zero-order chi connectivity index (χ0) is 12.5. The van der Waals surface area contributed by atoms with E-state index in [1.807, 2.05) is 0 Å². The summed E-state index contributed by atoms with van der Waals surface area (Å²) in [7, 11) is 0. The van der Waals surface area contributed by atoms with Gasteiger partial charge in [-0.2, -0.15) is 0 Å². The number of aromatic nitrogens is 3. The first-order chi connectivity index (χ1) is 8.24. The number of hydrogen-bond acceptors (Lipinski definition) is 4. The van der Waals surface area contributed by atoms with Gasteiger partial charge in [-0.05, 0) is 12.8 Å². The fourth-order valence-corrected chi connectivity index (χ4v) is 1.49. The minimum Gasteiger partial charge on any atom is -0.355 e. The first kappa shape index (κ1) is 13.6. The molecule has 0 bridgehead atoms. The van der Waals surface area contributed by atoms with Crippen LogP contribution in [0.15, 0.2) is 12.4 Å². The minimum absolute atomic E-state index is 0.0583. The molecule has 3 N–H and O–H groups in total. The van der Waals surface area contributed by atoms with E-state index in [0.29, 0.717) is 6.54 Å². The lowest BCUT2D eigenvalue weighted by molar-refractivity contribution is -0.122. The van der Waals surface area contributed by atoms with Crippen molar-refractivity contribution < 1.29 is 4.79 Å². The third-order valence-electron chi connectivity index (χ3n) is 2.54. The summed E-state index contributed by atoms with van der Waals surface area (Å²) in [6, 6.07) is -0.374. The van der Waals surface area contributed by atoms with E-state index in [0.717, 1.165) is 32.2 Å². The van der Waals surface area contributed by atoms with Gasteiger partial charge in [0, 0.05) is 19.3 Å². The zero-order valence-electron chi connectivity index (χ0n) is 10.3. The molecule has 0 unspecified atom stereocenters. The molecule has 0 radical (unpaired) electrons. The van der Waals surface area contributed by atoms with Crippen molar-refractivity contribution in [3.63, 3.8) is 0 Å². The molecule has 0 saturated heterocycles. The molecule has 96 valence electrons. The van der Waals surface area contributed by atoms with E-state index in [9.17, 15) is 4.79 Å². The van der Waals surface area contributed by atoms with Gasteiger partial charge in [0.1, 0.15) is 0 Å². The summed E-state index contributed by atoms with van der Waals surface area (Å²) in [5.74, 6) is -0.0583. The molecular formula is C11H21N5O. The second-order valence-electron chi connectivity index (χ2n) is 4.06. The number of hydrogen-bond donors (Lipinski definition) is 2. The van der Waals surface area contributed by atoms with Crippen molar-refractivity contribution >= 4 is 5.91 Å². The summed E-state index contributed by atoms with van der Waals surface area (Å²) in [6.07, 6.45) is 7.08. The third kappa shape index (κ3) is 5.44. The van der Waals surface area contributed by atoms with Crippen molar-refractivity contribution in [3.05, 3.63) is 12.4 Å². The number of aryl methyl sites for hydroxylation is 1. The second kappa shape index (κ2) is 7.78. The van der Waals surface area contributed by atoms with E-state index < -0.39 is 0 Å². The lowest BCUT2D eigenvalue weighted by Crippen LogP contribution is -2.41. The molecule has 0 aliphatic heterocycles. The first-order valence-electron chi connectivity index (χ1n) is 6.11. The van der Waals surface area contributed by atoms with E-state index in [2.05, 4.69) is 22.6 Å². The Morgan fingerprint density at radius 2 is 2.35 bits per heavy atom. The molecule has 0 aliphatic carbocycles. The van der Waals surface area contributed by atoms with Crippen LogP contribution in [0.2, 0.25) is 0 Å². The highest BCUT2D eigenvalue weighted by molar-refractivity contribution is 5.81. The fourth-order valence-electron chi connectivity index (χ4n) is 1.49. The predicted octanol–water partition coefficient (Wildman–Crippen LogP) is 0.302. The number of carbonyl (C=O) groups excluding carboxylic acids is 1. The molecule has 1 atom stereocenters. The Bertz CT molecular complexity index is 312. The average molecular weight is 239 g/mol. The lowest BCUT2D eigenvalue weighted by atomic mass is 10.1. The Kier molecular flexibility index (Phi) is 6.24. The van der Waals surface area contributed by atoms with Crippen molar-refractivity contribution in [1.82, 2.24) is 20.3 Å². The number of nitrogens with zero attached hydrogens (tertiary/aromatic N) is 3. The molecule has 6 heteroatoms. The van der Waals surface area contributed by atoms with Crippen molar-refractivity contribution in [1.29, 1.82) is 0 Å². The predicted molar refractivity (Wildman–Crippen MR) is 65.1 cm³/mol. The first-order valence-corrected chi connectivity index (χ1v) is 6.11. The van der Waals surface area contributed by atoms with Gasteiger partial charge in [-0.1, -0.05) is 25.0 Å². The second-order valence-corrected chi connectivity index (χ2v) is 4.06. The zero-order valence-corrected chi connectivity index (χ0v) is 10.3. The van der Waals surface area contributed by atoms with Gasteiger partial charge in [-0.3, -0.25) is 9.48 Å². The third-order valence-corrected chi connectivity index (χ3v) is 2.54. The van der Waals surface area contributed by atoms with Crippen LogP contribution < -0.4 is 11.1 Å². The van der Waals surface area contributed by atoms with Gasteiger partial charge >= 0.3 is 0 Å². The molecule has 0 spiro atoms. The van der Waals surface area contributed by atoms with Crippen molar-refractivity contribution in [2.45, 2.75) is 45.2 Å². The molecule has 0 aromatic carbocycles. The van der Waals surface area contributed by atoms with Crippen molar-refractivity contribution in [2.75, 3.05) is 6.54 Å². The quantitative estimate of drug-likeness (QED) is 0.639. The summed E-state index contributed by atoms with van der Waals surface area (Å²) in [5.41, 5.74) is 5.74. The SMILES string of the molecule is CCCC[C@H](N)C(=O)NCCCn1ccnn1. The van der Waals surface area contributed by atoms with Crippen LogP contribution in [0, 0.1) is 0 Å². The molecule has 1 aromatic heterocycles. The Hall–Kier alpha value is -1.43. The summed E-state index contributed by atoms with van der Waals surface area (Å²) in [5, 5.41) is 10.4. The van der Waals surface area contributed by atoms with Crippen molar-refractivity contribution in [2.24, 2.45) is 5.73 Å². The molecular weight excluding hydrogens is 218 g/mol. The number of nitrogens with two attached hydrogens (primary N) is 1. The molecule has 17 heavy (non-hydrogen) atoms. The number of unbranched alkanes of at least 4 members (excludes halogenated alkanes) is 1. The maximum atomic E-state index is 11.5. The topological polar surface area (TPSA) is 85.8 Å². The van der Waals surface area contributed by atoms with Crippen molar-refractivity contribution in [3.8, 4) is 0 Å². The summed E-state index contributed by atoms with van der Waals surface area (Å²) < 4.78 is 1.74. The van der Waals surface area contributed by atoms with Gasteiger partial charge in [0.2, 0.25) is 5.91 Å². The van der Waals surface area contributed by atoms with E-state index in [4.69, 9.17) is 5.73 Å². The van der Waals surface area contributed by atoms with Gasteiger partial charge in [0.05, 0.1) is 12.2 Å². The Labute approximate surface area is 102 Å². The van der Waals surface area contributed by atoms with Crippen LogP contribution >= 0.6 is 0 Å². The summed E-state index contributed by atoms with van der Waals surface area (Å²) >= 11 is 0. The largest absolute Gasteiger partial charge is 0.355 e. The summed E-state index contributed by atoms with van der Waals surface area (Å²) in [4.78, 5) is 11.5. The van der Waals surface area contributed by atoms with Crippen LogP contribution in [0.1, 0.15) is 32.6 Å². The fraction of sp³-hybridized carbons (Fsp3) is 0.727. The molecule has 1 heterocycles. The number of nitrogens with one attached hydrogen (secondary N) is 1. The average Bonchev–Trinajstić information content (AvgIpc) is 2.84. The Balaban J connectivity index is 2.07. The van der Waals surface area contributed by atoms with E-state index in [-0.39, 0.29) is 11.9 Å². The maximum Gasteiger partial charge on any atom is 0.236 e. The van der Waals surface area contributed by atoms with Crippen LogP contribution in [-0.4, -0.2) is 33.5 Å². The van der Waals surface area contributed by atoms with Gasteiger partial charge in [0.15, 0.2) is 0 Å². The molecule has 6 nitrogen and oxygen atoms in total. The van der Waals surface area contributed by atoms with Crippen LogP contribution in [0.5, 0.6) is 0 Å². The van der Waals surface area contributed by atoms with Gasteiger partial charge < -0.3 is 11.1 Å². The maximum absolute atomic E-state index is 11.5. The highest BCUT2D eigenvalue weighted by atomic mass is 16.2. The van der Waals surface area contributed by atoms with E-state index in [1.165, 1.54) is 0 Å².